The molecule has 8 rings (SSSR count). The fourth-order valence-corrected chi connectivity index (χ4v) is 9.81. The maximum Gasteiger partial charge on any atom is 0.207 e. The zero-order valence-electron chi connectivity index (χ0n) is 21.5. The van der Waals surface area contributed by atoms with Crippen LogP contribution in [0.25, 0.3) is 5.76 Å². The number of aliphatic hydroxyl groups excluding tert-OH is 3. The molecular weight excluding hydrogens is 536 g/mol. The Morgan fingerprint density at radius 3 is 1.83 bits per heavy atom. The molecule has 6 aliphatic carbocycles. The third-order valence-electron chi connectivity index (χ3n) is 10.8. The Bertz CT molecular complexity index is 1840. The number of benzene rings is 2. The summed E-state index contributed by atoms with van der Waals surface area (Å²) in [5.74, 6) is -15.2. The second-order valence-electron chi connectivity index (χ2n) is 12.3. The number of fused-ring (bicyclic) bond motifs is 4. The Kier molecular flexibility index (Phi) is 3.99. The Morgan fingerprint density at radius 2 is 1.22 bits per heavy atom. The largest absolute Gasteiger partial charge is 0.507 e. The summed E-state index contributed by atoms with van der Waals surface area (Å²) in [5.41, 5.74) is -10.1. The number of ketones is 5. The van der Waals surface area contributed by atoms with Gasteiger partial charge in [-0.3, -0.25) is 24.0 Å². The van der Waals surface area contributed by atoms with Gasteiger partial charge in [0, 0.05) is 23.0 Å². The van der Waals surface area contributed by atoms with E-state index in [0.29, 0.717) is 11.1 Å². The fourth-order valence-electron chi connectivity index (χ4n) is 9.81. The van der Waals surface area contributed by atoms with Gasteiger partial charge in [-0.15, -0.1) is 0 Å². The van der Waals surface area contributed by atoms with Crippen molar-refractivity contribution in [1.82, 2.24) is 0 Å². The highest BCUT2D eigenvalue weighted by Crippen LogP contribution is 2.80. The van der Waals surface area contributed by atoms with Gasteiger partial charge in [-0.25, -0.2) is 0 Å². The van der Waals surface area contributed by atoms with Gasteiger partial charge in [-0.05, 0) is 49.2 Å². The highest BCUT2D eigenvalue weighted by molar-refractivity contribution is 6.35. The maximum atomic E-state index is 14.6. The molecule has 0 aromatic heterocycles. The van der Waals surface area contributed by atoms with Crippen LogP contribution < -0.4 is 0 Å². The first-order valence-electron chi connectivity index (χ1n) is 13.1. The van der Waals surface area contributed by atoms with Crippen LogP contribution in [-0.2, 0) is 9.59 Å². The minimum Gasteiger partial charge on any atom is -0.507 e. The Hall–Kier alpha value is -4.19. The predicted molar refractivity (Wildman–Crippen MR) is 134 cm³/mol. The number of carbonyl (C=O) groups excluding carboxylic acids is 5. The first-order valence-corrected chi connectivity index (χ1v) is 13.1. The summed E-state index contributed by atoms with van der Waals surface area (Å²) in [6.07, 6.45) is -3.74. The van der Waals surface area contributed by atoms with Crippen LogP contribution in [0.4, 0.5) is 0 Å². The highest BCUT2D eigenvalue weighted by atomic mass is 16.3. The molecule has 4 fully saturated rings. The second kappa shape index (κ2) is 6.64. The molecule has 11 nitrogen and oxygen atoms in total. The van der Waals surface area contributed by atoms with E-state index < -0.39 is 115 Å². The van der Waals surface area contributed by atoms with Crippen LogP contribution in [0, 0.1) is 48.3 Å². The van der Waals surface area contributed by atoms with Gasteiger partial charge in [0.15, 0.2) is 23.1 Å². The smallest absolute Gasteiger partial charge is 0.207 e. The van der Waals surface area contributed by atoms with Gasteiger partial charge in [0.2, 0.25) is 11.4 Å². The van der Waals surface area contributed by atoms with Crippen molar-refractivity contribution in [2.24, 2.45) is 34.5 Å². The highest BCUT2D eigenvalue weighted by Gasteiger charge is 2.94. The number of hydrogen-bond acceptors (Lipinski definition) is 11. The van der Waals surface area contributed by atoms with Crippen molar-refractivity contribution in [2.45, 2.75) is 31.7 Å². The van der Waals surface area contributed by atoms with Crippen molar-refractivity contribution in [3.05, 3.63) is 63.2 Å². The molecule has 208 valence electrons. The second-order valence-corrected chi connectivity index (χ2v) is 12.3. The molecule has 6 N–H and O–H groups in total. The van der Waals surface area contributed by atoms with E-state index in [-0.39, 0.29) is 11.1 Å². The van der Waals surface area contributed by atoms with E-state index in [4.69, 9.17) is 0 Å². The molecule has 0 radical (unpaired) electrons. The molecule has 2 aromatic carbocycles. The molecule has 41 heavy (non-hydrogen) atoms. The maximum absolute atomic E-state index is 14.6. The molecule has 0 aliphatic heterocycles. The van der Waals surface area contributed by atoms with E-state index in [1.54, 1.807) is 6.92 Å². The van der Waals surface area contributed by atoms with E-state index in [1.807, 2.05) is 0 Å². The SMILES string of the molecule is Cc1cc(O)c2c(c1)C(=O)C13C4C(=O)C5=C(O)c6c(O)cc(C)cc6C(=O)C56C(C(=O)C1(O)C2=O)C(O)C3C6C4O. The van der Waals surface area contributed by atoms with Crippen molar-refractivity contribution in [1.29, 1.82) is 0 Å². The molecule has 9 unspecified atom stereocenters. The molecule has 6 aliphatic rings. The zero-order valence-corrected chi connectivity index (χ0v) is 21.5. The molecule has 0 heterocycles. The number of phenolic OH excluding ortho intramolecular Hbond substituents is 2. The lowest BCUT2D eigenvalue weighted by Crippen LogP contribution is -2.78. The number of phenols is 2. The predicted octanol–water partition coefficient (Wildman–Crippen LogP) is 0.342. The van der Waals surface area contributed by atoms with Crippen LogP contribution >= 0.6 is 0 Å². The number of aromatic hydroxyl groups is 2. The van der Waals surface area contributed by atoms with Gasteiger partial charge in [0.05, 0.1) is 51.6 Å². The fraction of sp³-hybridized carbons (Fsp3) is 0.367. The minimum absolute atomic E-state index is 0.278. The number of Topliss-reactive ketones (excluding diaryl/α,β-unsaturated/α-hetero) is 5. The molecule has 4 saturated carbocycles. The van der Waals surface area contributed by atoms with Gasteiger partial charge < -0.3 is 30.6 Å². The molecule has 0 amide bonds. The van der Waals surface area contributed by atoms with E-state index in [9.17, 15) is 54.6 Å². The van der Waals surface area contributed by atoms with Crippen LogP contribution in [0.2, 0.25) is 0 Å². The Labute approximate surface area is 230 Å². The third kappa shape index (κ3) is 2.01. The van der Waals surface area contributed by atoms with E-state index >= 15 is 0 Å². The lowest BCUT2D eigenvalue weighted by atomic mass is 9.42. The first-order chi connectivity index (χ1) is 19.2. The Morgan fingerprint density at radius 1 is 0.683 bits per heavy atom. The summed E-state index contributed by atoms with van der Waals surface area (Å²) in [5, 5.41) is 68.6. The van der Waals surface area contributed by atoms with Gasteiger partial charge in [0.1, 0.15) is 17.3 Å². The van der Waals surface area contributed by atoms with Crippen molar-refractivity contribution < 1.29 is 54.6 Å². The lowest BCUT2D eigenvalue weighted by Gasteiger charge is -2.58. The summed E-state index contributed by atoms with van der Waals surface area (Å²) in [6, 6.07) is 5.00. The third-order valence-corrected chi connectivity index (χ3v) is 10.8. The number of allylic oxidation sites excluding steroid dienone is 1. The standard InChI is InChI=1S/C30H22O11/c1-7-3-9-13(11(31)5-7)20(33)17-23(36)18-21(34)15-16-22(35)19(28(15,17)24(9)37)27(40)30(41)26(39)14-10(25(38)29(16,18)30)4-8(2)6-12(14)32/h3-6,15-16,18-19,21-22,31-35,41H,1-2H3. The molecule has 11 heteroatoms. The van der Waals surface area contributed by atoms with Crippen LogP contribution in [0.15, 0.2) is 29.8 Å². The lowest BCUT2D eigenvalue weighted by molar-refractivity contribution is -0.181. The number of rotatable bonds is 0. The summed E-state index contributed by atoms with van der Waals surface area (Å²) in [6.45, 7) is 3.07. The first kappa shape index (κ1) is 24.6. The molecular formula is C30H22O11. The monoisotopic (exact) mass is 558 g/mol. The normalized spacial score (nSPS) is 41.0. The molecule has 2 aromatic rings. The summed E-state index contributed by atoms with van der Waals surface area (Å²) < 4.78 is 0. The number of hydrogen-bond donors (Lipinski definition) is 6. The number of aryl methyl sites for hydroxylation is 2. The molecule has 2 spiro atoms. The average Bonchev–Trinajstić information content (AvgIpc) is 3.26. The van der Waals surface area contributed by atoms with Gasteiger partial charge in [-0.1, -0.05) is 0 Å². The van der Waals surface area contributed by atoms with Crippen molar-refractivity contribution in [2.75, 3.05) is 0 Å². The molecule has 9 atom stereocenters. The van der Waals surface area contributed by atoms with Crippen LogP contribution in [-0.4, -0.2) is 77.4 Å². The van der Waals surface area contributed by atoms with Crippen molar-refractivity contribution in [3.63, 3.8) is 0 Å². The van der Waals surface area contributed by atoms with Gasteiger partial charge in [-0.2, -0.15) is 0 Å². The molecule has 0 saturated heterocycles. The van der Waals surface area contributed by atoms with E-state index in [2.05, 4.69) is 0 Å². The van der Waals surface area contributed by atoms with E-state index in [1.165, 1.54) is 31.2 Å². The summed E-state index contributed by atoms with van der Waals surface area (Å²) in [7, 11) is 0. The number of carbonyl (C=O) groups is 5. The van der Waals surface area contributed by atoms with Gasteiger partial charge in [0.25, 0.3) is 0 Å². The van der Waals surface area contributed by atoms with Crippen LogP contribution in [0.1, 0.15) is 47.8 Å². The average molecular weight is 558 g/mol. The van der Waals surface area contributed by atoms with Crippen LogP contribution in [0.3, 0.4) is 0 Å². The minimum atomic E-state index is -3.31. The Balaban J connectivity index is 1.55. The van der Waals surface area contributed by atoms with Gasteiger partial charge >= 0.3 is 0 Å². The summed E-state index contributed by atoms with van der Waals surface area (Å²) >= 11 is 0. The van der Waals surface area contributed by atoms with Crippen molar-refractivity contribution >= 4 is 34.7 Å². The van der Waals surface area contributed by atoms with E-state index in [0.717, 1.165) is 0 Å². The molecule has 4 bridgehead atoms. The quantitative estimate of drug-likeness (QED) is 0.243. The van der Waals surface area contributed by atoms with Crippen LogP contribution in [0.5, 0.6) is 11.5 Å². The summed E-state index contributed by atoms with van der Waals surface area (Å²) in [4.78, 5) is 72.1. The zero-order chi connectivity index (χ0) is 29.5. The number of aliphatic hydroxyl groups is 4. The van der Waals surface area contributed by atoms with Crippen molar-refractivity contribution in [3.8, 4) is 11.5 Å². The topological polar surface area (TPSA) is 207 Å².